The number of amides is 1. The third-order valence-corrected chi connectivity index (χ3v) is 7.60. The topological polar surface area (TPSA) is 58.6 Å². The highest BCUT2D eigenvalue weighted by atomic mass is 16.5. The highest BCUT2D eigenvalue weighted by Crippen LogP contribution is 2.45. The molecule has 2 atom stereocenters. The summed E-state index contributed by atoms with van der Waals surface area (Å²) in [4.78, 5) is 29.0. The van der Waals surface area contributed by atoms with Gasteiger partial charge in [0.1, 0.15) is 5.75 Å². The first-order chi connectivity index (χ1) is 17.4. The van der Waals surface area contributed by atoms with Gasteiger partial charge in [-0.15, -0.1) is 0 Å². The first kappa shape index (κ1) is 24.1. The van der Waals surface area contributed by atoms with Crippen molar-refractivity contribution >= 4 is 11.7 Å². The predicted molar refractivity (Wildman–Crippen MR) is 141 cm³/mol. The molecular formula is C31H34N2O3. The number of benzene rings is 2. The molecule has 2 unspecified atom stereocenters. The Labute approximate surface area is 213 Å². The molecule has 0 saturated carbocycles. The van der Waals surface area contributed by atoms with Gasteiger partial charge in [-0.1, -0.05) is 56.3 Å². The van der Waals surface area contributed by atoms with Crippen molar-refractivity contribution in [3.8, 4) is 5.75 Å². The van der Waals surface area contributed by atoms with E-state index in [0.717, 1.165) is 52.4 Å². The van der Waals surface area contributed by atoms with E-state index in [2.05, 4.69) is 55.6 Å². The van der Waals surface area contributed by atoms with Gasteiger partial charge in [0.05, 0.1) is 18.8 Å². The zero-order valence-corrected chi connectivity index (χ0v) is 21.5. The zero-order chi connectivity index (χ0) is 25.4. The molecule has 1 aliphatic heterocycles. The lowest BCUT2D eigenvalue weighted by atomic mass is 9.78. The fraction of sp³-hybridized carbons (Fsp3) is 0.355. The van der Waals surface area contributed by atoms with Gasteiger partial charge in [-0.2, -0.15) is 0 Å². The van der Waals surface area contributed by atoms with Crippen molar-refractivity contribution in [2.45, 2.75) is 64.3 Å². The smallest absolute Gasteiger partial charge is 0.224 e. The molecule has 1 amide bonds. The average molecular weight is 483 g/mol. The van der Waals surface area contributed by atoms with Crippen molar-refractivity contribution in [3.63, 3.8) is 0 Å². The molecule has 0 radical (unpaired) electrons. The van der Waals surface area contributed by atoms with Crippen LogP contribution in [0.3, 0.4) is 0 Å². The number of rotatable bonds is 4. The summed E-state index contributed by atoms with van der Waals surface area (Å²) in [6.07, 6.45) is 6.95. The summed E-state index contributed by atoms with van der Waals surface area (Å²) in [5.74, 6) is 1.33. The van der Waals surface area contributed by atoms with Crippen LogP contribution in [0.2, 0.25) is 0 Å². The summed E-state index contributed by atoms with van der Waals surface area (Å²) >= 11 is 0. The third kappa shape index (κ3) is 4.39. The molecule has 1 N–H and O–H groups in total. The Hall–Kier alpha value is -3.60. The van der Waals surface area contributed by atoms with Crippen molar-refractivity contribution in [2.75, 3.05) is 7.11 Å². The van der Waals surface area contributed by atoms with Crippen LogP contribution in [0.15, 0.2) is 83.3 Å². The lowest BCUT2D eigenvalue weighted by Crippen LogP contribution is -2.36. The van der Waals surface area contributed by atoms with Gasteiger partial charge in [-0.3, -0.25) is 9.59 Å². The van der Waals surface area contributed by atoms with Crippen LogP contribution in [0.25, 0.3) is 0 Å². The minimum absolute atomic E-state index is 0.0450. The van der Waals surface area contributed by atoms with E-state index in [1.54, 1.807) is 14.0 Å². The van der Waals surface area contributed by atoms with Crippen LogP contribution in [0.5, 0.6) is 5.75 Å². The molecule has 5 heteroatoms. The van der Waals surface area contributed by atoms with Crippen LogP contribution in [0.4, 0.5) is 0 Å². The van der Waals surface area contributed by atoms with E-state index in [4.69, 9.17) is 4.74 Å². The standard InChI is InChI=1S/C31H34N2O3/c1-19(2)21-9-11-23(12-10-21)31-30-27(32-26-7-5-6-8-28(26)33(31)20(3)34)17-24(18-29(30)35)22-13-15-25(36-4)16-14-22/h5,7,9-16,19,24,31-32H,6,8,17-18H2,1-4H3. The minimum atomic E-state index is -0.436. The summed E-state index contributed by atoms with van der Waals surface area (Å²) in [7, 11) is 1.66. The summed E-state index contributed by atoms with van der Waals surface area (Å²) < 4.78 is 5.32. The van der Waals surface area contributed by atoms with Gasteiger partial charge in [0.15, 0.2) is 5.78 Å². The Kier molecular flexibility index (Phi) is 6.57. The highest BCUT2D eigenvalue weighted by molar-refractivity contribution is 6.00. The Morgan fingerprint density at radius 3 is 2.36 bits per heavy atom. The highest BCUT2D eigenvalue weighted by Gasteiger charge is 2.41. The second kappa shape index (κ2) is 9.81. The van der Waals surface area contributed by atoms with Gasteiger partial charge >= 0.3 is 0 Å². The Bertz CT molecular complexity index is 1270. The number of nitrogens with zero attached hydrogens (tertiary/aromatic N) is 1. The lowest BCUT2D eigenvalue weighted by molar-refractivity contribution is -0.129. The maximum atomic E-state index is 13.9. The largest absolute Gasteiger partial charge is 0.497 e. The summed E-state index contributed by atoms with van der Waals surface area (Å²) in [6.45, 7) is 5.95. The number of ether oxygens (including phenoxy) is 1. The van der Waals surface area contributed by atoms with E-state index in [0.29, 0.717) is 18.8 Å². The molecule has 36 heavy (non-hydrogen) atoms. The van der Waals surface area contributed by atoms with Crippen molar-refractivity contribution < 1.29 is 14.3 Å². The molecule has 0 aromatic heterocycles. The van der Waals surface area contributed by atoms with Gasteiger partial charge in [-0.25, -0.2) is 0 Å². The van der Waals surface area contributed by atoms with Crippen LogP contribution in [0.1, 0.15) is 81.0 Å². The molecule has 2 aliphatic carbocycles. The monoisotopic (exact) mass is 482 g/mol. The number of Topliss-reactive ketones (excluding diaryl/α,β-unsaturated/α-hetero) is 1. The number of carbonyl (C=O) groups is 2. The molecule has 2 aromatic carbocycles. The average Bonchev–Trinajstić information content (AvgIpc) is 3.03. The Morgan fingerprint density at radius 2 is 1.72 bits per heavy atom. The number of hydrogen-bond acceptors (Lipinski definition) is 4. The fourth-order valence-electron chi connectivity index (χ4n) is 5.69. The van der Waals surface area contributed by atoms with Crippen molar-refractivity contribution in [1.82, 2.24) is 10.2 Å². The lowest BCUT2D eigenvalue weighted by Gasteiger charge is -2.36. The van der Waals surface area contributed by atoms with Gasteiger partial charge < -0.3 is 15.0 Å². The van der Waals surface area contributed by atoms with E-state index in [9.17, 15) is 9.59 Å². The first-order valence-electron chi connectivity index (χ1n) is 12.8. The maximum absolute atomic E-state index is 13.9. The molecule has 186 valence electrons. The van der Waals surface area contributed by atoms with Gasteiger partial charge in [-0.05, 0) is 66.0 Å². The molecule has 5 rings (SSSR count). The van der Waals surface area contributed by atoms with Crippen molar-refractivity contribution in [2.24, 2.45) is 0 Å². The van der Waals surface area contributed by atoms with Crippen LogP contribution in [0, 0.1) is 0 Å². The molecule has 0 spiro atoms. The fourth-order valence-corrected chi connectivity index (χ4v) is 5.69. The Balaban J connectivity index is 1.63. The molecule has 1 heterocycles. The predicted octanol–water partition coefficient (Wildman–Crippen LogP) is 6.27. The van der Waals surface area contributed by atoms with E-state index >= 15 is 0 Å². The molecule has 5 nitrogen and oxygen atoms in total. The molecule has 0 fully saturated rings. The summed E-state index contributed by atoms with van der Waals surface area (Å²) in [5.41, 5.74) is 6.87. The van der Waals surface area contributed by atoms with E-state index in [1.165, 1.54) is 5.56 Å². The summed E-state index contributed by atoms with van der Waals surface area (Å²) in [5, 5.41) is 3.62. The third-order valence-electron chi connectivity index (χ3n) is 7.60. The minimum Gasteiger partial charge on any atom is -0.497 e. The number of methoxy groups -OCH3 is 1. The second-order valence-electron chi connectivity index (χ2n) is 10.2. The Morgan fingerprint density at radius 1 is 1.03 bits per heavy atom. The van der Waals surface area contributed by atoms with E-state index in [1.807, 2.05) is 29.2 Å². The normalized spacial score (nSPS) is 21.7. The van der Waals surface area contributed by atoms with E-state index in [-0.39, 0.29) is 17.6 Å². The van der Waals surface area contributed by atoms with Crippen molar-refractivity contribution in [1.29, 1.82) is 0 Å². The number of hydrogen-bond donors (Lipinski definition) is 1. The number of allylic oxidation sites excluding steroid dienone is 4. The van der Waals surface area contributed by atoms with Gasteiger partial charge in [0.2, 0.25) is 5.91 Å². The van der Waals surface area contributed by atoms with E-state index < -0.39 is 6.04 Å². The first-order valence-corrected chi connectivity index (χ1v) is 12.8. The quantitative estimate of drug-likeness (QED) is 0.558. The van der Waals surface area contributed by atoms with Crippen LogP contribution >= 0.6 is 0 Å². The molecule has 2 aromatic rings. The van der Waals surface area contributed by atoms with Gasteiger partial charge in [0.25, 0.3) is 0 Å². The molecular weight excluding hydrogens is 448 g/mol. The molecule has 0 bridgehead atoms. The van der Waals surface area contributed by atoms with Crippen LogP contribution in [-0.4, -0.2) is 23.7 Å². The number of carbonyl (C=O) groups excluding carboxylic acids is 2. The zero-order valence-electron chi connectivity index (χ0n) is 21.5. The van der Waals surface area contributed by atoms with Gasteiger partial charge in [0, 0.05) is 30.3 Å². The van der Waals surface area contributed by atoms with Crippen LogP contribution in [-0.2, 0) is 9.59 Å². The van der Waals surface area contributed by atoms with Crippen molar-refractivity contribution in [3.05, 3.63) is 100 Å². The number of nitrogens with one attached hydrogen (secondary N) is 1. The SMILES string of the molecule is COc1ccc(C2CC(=O)C3=C(C2)NC2=C(CCC=C2)N(C(C)=O)C3c2ccc(C(C)C)cc2)cc1. The van der Waals surface area contributed by atoms with Crippen LogP contribution < -0.4 is 10.1 Å². The second-order valence-corrected chi connectivity index (χ2v) is 10.2. The molecule has 0 saturated heterocycles. The number of ketones is 1. The maximum Gasteiger partial charge on any atom is 0.224 e. The molecule has 3 aliphatic rings. The summed E-state index contributed by atoms with van der Waals surface area (Å²) in [6, 6.07) is 16.0.